The van der Waals surface area contributed by atoms with Gasteiger partial charge in [-0.05, 0) is 48.9 Å². The number of carbonyl (C=O) groups excluding carboxylic acids is 1. The molecule has 0 N–H and O–H groups in total. The zero-order valence-electron chi connectivity index (χ0n) is 16.9. The third kappa shape index (κ3) is 6.12. The van der Waals surface area contributed by atoms with Crippen molar-refractivity contribution >= 4 is 5.97 Å². The van der Waals surface area contributed by atoms with Crippen LogP contribution in [0.15, 0.2) is 54.6 Å². The van der Waals surface area contributed by atoms with Crippen LogP contribution in [0.25, 0.3) is 0 Å². The van der Waals surface area contributed by atoms with Crippen LogP contribution in [0.1, 0.15) is 75.3 Å². The second kappa shape index (κ2) is 10.9. The van der Waals surface area contributed by atoms with Gasteiger partial charge in [0.15, 0.2) is 0 Å². The first-order chi connectivity index (χ1) is 13.8. The molecule has 3 heteroatoms. The molecule has 2 atom stereocenters. The van der Waals surface area contributed by atoms with E-state index in [1.807, 2.05) is 30.3 Å². The molecule has 0 radical (unpaired) electrons. The summed E-state index contributed by atoms with van der Waals surface area (Å²) in [5.41, 5.74) is 2.38. The van der Waals surface area contributed by atoms with Crippen LogP contribution >= 0.6 is 0 Å². The fourth-order valence-corrected chi connectivity index (χ4v) is 3.94. The van der Waals surface area contributed by atoms with Crippen molar-refractivity contribution in [2.45, 2.75) is 76.9 Å². The van der Waals surface area contributed by atoms with Gasteiger partial charge in [0.25, 0.3) is 0 Å². The van der Waals surface area contributed by atoms with Crippen molar-refractivity contribution in [1.29, 1.82) is 0 Å². The number of ether oxygens (including phenoxy) is 2. The Morgan fingerprint density at radius 3 is 2.64 bits per heavy atom. The van der Waals surface area contributed by atoms with Gasteiger partial charge in [0, 0.05) is 12.3 Å². The number of carbonyl (C=O) groups is 1. The van der Waals surface area contributed by atoms with Crippen molar-refractivity contribution in [3.63, 3.8) is 0 Å². The molecule has 1 saturated carbocycles. The molecular weight excluding hydrogens is 348 g/mol. The Labute approximate surface area is 169 Å². The molecule has 0 heterocycles. The summed E-state index contributed by atoms with van der Waals surface area (Å²) in [5.74, 6) is 1.10. The second-order valence-electron chi connectivity index (χ2n) is 7.72. The summed E-state index contributed by atoms with van der Waals surface area (Å²) in [6, 6.07) is 18.5. The Morgan fingerprint density at radius 2 is 1.82 bits per heavy atom. The lowest BCUT2D eigenvalue weighted by atomic mass is 9.81. The minimum atomic E-state index is -0.0400. The van der Waals surface area contributed by atoms with E-state index in [1.54, 1.807) is 0 Å². The summed E-state index contributed by atoms with van der Waals surface area (Å²) < 4.78 is 11.9. The van der Waals surface area contributed by atoms with Gasteiger partial charge in [0.05, 0.1) is 0 Å². The van der Waals surface area contributed by atoms with Crippen molar-refractivity contribution < 1.29 is 14.3 Å². The highest BCUT2D eigenvalue weighted by Gasteiger charge is 2.29. The molecule has 0 aliphatic heterocycles. The zero-order chi connectivity index (χ0) is 19.6. The first-order valence-corrected chi connectivity index (χ1v) is 10.7. The van der Waals surface area contributed by atoms with Crippen molar-refractivity contribution in [2.24, 2.45) is 0 Å². The molecule has 28 heavy (non-hydrogen) atoms. The minimum absolute atomic E-state index is 0.00718. The third-order valence-corrected chi connectivity index (χ3v) is 5.50. The van der Waals surface area contributed by atoms with Crippen LogP contribution in [-0.2, 0) is 16.1 Å². The topological polar surface area (TPSA) is 35.5 Å². The molecule has 0 unspecified atom stereocenters. The second-order valence-corrected chi connectivity index (χ2v) is 7.72. The van der Waals surface area contributed by atoms with E-state index in [2.05, 4.69) is 31.2 Å². The van der Waals surface area contributed by atoms with E-state index in [9.17, 15) is 4.79 Å². The van der Waals surface area contributed by atoms with Crippen LogP contribution in [0.4, 0.5) is 0 Å². The van der Waals surface area contributed by atoms with Crippen molar-refractivity contribution in [2.75, 3.05) is 0 Å². The van der Waals surface area contributed by atoms with Gasteiger partial charge in [-0.1, -0.05) is 68.7 Å². The van der Waals surface area contributed by atoms with E-state index >= 15 is 0 Å². The van der Waals surface area contributed by atoms with Gasteiger partial charge in [0.1, 0.15) is 18.5 Å². The molecule has 3 nitrogen and oxygen atoms in total. The summed E-state index contributed by atoms with van der Waals surface area (Å²) in [6.07, 6.45) is 8.00. The smallest absolute Gasteiger partial charge is 0.306 e. The molecule has 0 spiro atoms. The first-order valence-electron chi connectivity index (χ1n) is 10.7. The highest BCUT2D eigenvalue weighted by molar-refractivity contribution is 5.69. The molecule has 0 saturated heterocycles. The number of rotatable bonds is 9. The van der Waals surface area contributed by atoms with E-state index in [0.717, 1.165) is 49.8 Å². The SMILES string of the molecule is CCCCCC(=O)O[C@@H]1CCCC[C@H]1c1cccc(OCc2ccccc2)c1. The van der Waals surface area contributed by atoms with Crippen LogP contribution in [0.5, 0.6) is 5.75 Å². The van der Waals surface area contributed by atoms with Crippen LogP contribution in [0.2, 0.25) is 0 Å². The van der Waals surface area contributed by atoms with E-state index in [0.29, 0.717) is 13.0 Å². The molecule has 1 aliphatic carbocycles. The molecule has 2 aromatic carbocycles. The van der Waals surface area contributed by atoms with Gasteiger partial charge < -0.3 is 9.47 Å². The van der Waals surface area contributed by atoms with Crippen LogP contribution in [0.3, 0.4) is 0 Å². The van der Waals surface area contributed by atoms with Gasteiger partial charge in [-0.15, -0.1) is 0 Å². The van der Waals surface area contributed by atoms with Crippen LogP contribution in [0, 0.1) is 0 Å². The minimum Gasteiger partial charge on any atom is -0.489 e. The zero-order valence-corrected chi connectivity index (χ0v) is 16.9. The molecule has 0 aromatic heterocycles. The molecular formula is C25H32O3. The normalized spacial score (nSPS) is 19.2. The third-order valence-electron chi connectivity index (χ3n) is 5.50. The summed E-state index contributed by atoms with van der Waals surface area (Å²) >= 11 is 0. The number of hydrogen-bond donors (Lipinski definition) is 0. The van der Waals surface area contributed by atoms with Gasteiger partial charge in [-0.25, -0.2) is 0 Å². The quantitative estimate of drug-likeness (QED) is 0.372. The largest absolute Gasteiger partial charge is 0.489 e. The Bertz CT molecular complexity index is 726. The maximum atomic E-state index is 12.2. The van der Waals surface area contributed by atoms with Crippen molar-refractivity contribution in [3.8, 4) is 5.75 Å². The van der Waals surface area contributed by atoms with E-state index in [1.165, 1.54) is 12.0 Å². The number of unbranched alkanes of at least 4 members (excludes halogenated alkanes) is 2. The Kier molecular flexibility index (Phi) is 7.95. The highest BCUT2D eigenvalue weighted by atomic mass is 16.5. The summed E-state index contributed by atoms with van der Waals surface area (Å²) in [6.45, 7) is 2.71. The van der Waals surface area contributed by atoms with Gasteiger partial charge in [-0.2, -0.15) is 0 Å². The van der Waals surface area contributed by atoms with Gasteiger partial charge >= 0.3 is 5.97 Å². The molecule has 3 rings (SSSR count). The summed E-state index contributed by atoms with van der Waals surface area (Å²) in [4.78, 5) is 12.2. The van der Waals surface area contributed by atoms with Crippen LogP contribution < -0.4 is 4.74 Å². The van der Waals surface area contributed by atoms with E-state index in [-0.39, 0.29) is 18.0 Å². The number of esters is 1. The Morgan fingerprint density at radius 1 is 1.00 bits per heavy atom. The maximum absolute atomic E-state index is 12.2. The molecule has 150 valence electrons. The van der Waals surface area contributed by atoms with Crippen LogP contribution in [-0.4, -0.2) is 12.1 Å². The first kappa shape index (κ1) is 20.4. The predicted octanol–water partition coefficient (Wildman–Crippen LogP) is 6.42. The Hall–Kier alpha value is -2.29. The summed E-state index contributed by atoms with van der Waals surface area (Å²) in [7, 11) is 0. The molecule has 0 amide bonds. The molecule has 1 aliphatic rings. The molecule has 1 fully saturated rings. The Balaban J connectivity index is 1.62. The monoisotopic (exact) mass is 380 g/mol. The predicted molar refractivity (Wildman–Crippen MR) is 112 cm³/mol. The van der Waals surface area contributed by atoms with Crippen molar-refractivity contribution in [1.82, 2.24) is 0 Å². The highest BCUT2D eigenvalue weighted by Crippen LogP contribution is 2.36. The lowest BCUT2D eigenvalue weighted by Gasteiger charge is -2.31. The summed E-state index contributed by atoms with van der Waals surface area (Å²) in [5, 5.41) is 0. The molecule has 0 bridgehead atoms. The average molecular weight is 381 g/mol. The molecule has 2 aromatic rings. The van der Waals surface area contributed by atoms with Crippen molar-refractivity contribution in [3.05, 3.63) is 65.7 Å². The van der Waals surface area contributed by atoms with Gasteiger partial charge in [-0.3, -0.25) is 4.79 Å². The lowest BCUT2D eigenvalue weighted by molar-refractivity contribution is -0.151. The standard InChI is InChI=1S/C25H32O3/c1-2-3-5-17-25(26)28-24-16-9-8-15-23(24)21-13-10-14-22(18-21)27-19-20-11-6-4-7-12-20/h4,6-7,10-14,18,23-24H,2-3,5,8-9,15-17,19H2,1H3/t23-,24+/m0/s1. The maximum Gasteiger partial charge on any atom is 0.306 e. The lowest BCUT2D eigenvalue weighted by Crippen LogP contribution is -2.28. The number of hydrogen-bond acceptors (Lipinski definition) is 3. The van der Waals surface area contributed by atoms with Gasteiger partial charge in [0.2, 0.25) is 0 Å². The fourth-order valence-electron chi connectivity index (χ4n) is 3.94. The van der Waals surface area contributed by atoms with E-state index < -0.39 is 0 Å². The fraction of sp³-hybridized carbons (Fsp3) is 0.480. The van der Waals surface area contributed by atoms with E-state index in [4.69, 9.17) is 9.47 Å². The number of benzene rings is 2. The average Bonchev–Trinajstić information content (AvgIpc) is 2.74.